The van der Waals surface area contributed by atoms with Crippen LogP contribution in [0.4, 0.5) is 4.39 Å². The number of aromatic nitrogens is 1. The number of carbonyl (C=O) groups is 1. The second kappa shape index (κ2) is 10.4. The normalized spacial score (nSPS) is 12.5. The molecular formula is C22H26FNO6S. The molecule has 1 aromatic heterocycles. The van der Waals surface area contributed by atoms with Crippen LogP contribution in [0.3, 0.4) is 0 Å². The van der Waals surface area contributed by atoms with Gasteiger partial charge in [-0.15, -0.1) is 0 Å². The summed E-state index contributed by atoms with van der Waals surface area (Å²) in [6.07, 6.45) is 1.95. The number of pyridine rings is 1. The van der Waals surface area contributed by atoms with E-state index in [0.717, 1.165) is 4.57 Å². The average Bonchev–Trinajstić information content (AvgIpc) is 2.69. The molecule has 31 heavy (non-hydrogen) atoms. The highest BCUT2D eigenvalue weighted by atomic mass is 32.2. The third-order valence-corrected chi connectivity index (χ3v) is 5.65. The highest BCUT2D eigenvalue weighted by Gasteiger charge is 2.17. The molecule has 0 radical (unpaired) electrons. The number of esters is 1. The fourth-order valence-corrected chi connectivity index (χ4v) is 3.84. The van der Waals surface area contributed by atoms with Crippen molar-refractivity contribution in [3.8, 4) is 5.75 Å². The van der Waals surface area contributed by atoms with Gasteiger partial charge in [-0.25, -0.2) is 12.8 Å². The summed E-state index contributed by atoms with van der Waals surface area (Å²) >= 11 is 0. The second-order valence-corrected chi connectivity index (χ2v) is 9.83. The molecule has 1 heterocycles. The van der Waals surface area contributed by atoms with Gasteiger partial charge in [-0.3, -0.25) is 9.59 Å². The molecule has 0 spiro atoms. The van der Waals surface area contributed by atoms with Crippen molar-refractivity contribution < 1.29 is 27.1 Å². The van der Waals surface area contributed by atoms with Crippen molar-refractivity contribution in [2.45, 2.75) is 50.0 Å². The van der Waals surface area contributed by atoms with Gasteiger partial charge in [-0.1, -0.05) is 6.07 Å². The number of carbonyl (C=O) groups excluding carboxylic acids is 1. The summed E-state index contributed by atoms with van der Waals surface area (Å²) in [5.74, 6) is -0.571. The van der Waals surface area contributed by atoms with Gasteiger partial charge in [-0.2, -0.15) is 0 Å². The van der Waals surface area contributed by atoms with E-state index >= 15 is 0 Å². The summed E-state index contributed by atoms with van der Waals surface area (Å²) in [4.78, 5) is 23.5. The molecule has 0 saturated heterocycles. The van der Waals surface area contributed by atoms with E-state index in [-0.39, 0.29) is 29.9 Å². The van der Waals surface area contributed by atoms with Crippen molar-refractivity contribution in [3.63, 3.8) is 0 Å². The third kappa shape index (κ3) is 8.01. The Morgan fingerprint density at radius 2 is 1.77 bits per heavy atom. The quantitative estimate of drug-likeness (QED) is 0.541. The molecular weight excluding hydrogens is 425 g/mol. The minimum absolute atomic E-state index is 0.0203. The molecule has 9 heteroatoms. The molecule has 0 aliphatic rings. The van der Waals surface area contributed by atoms with Crippen LogP contribution in [-0.4, -0.2) is 31.2 Å². The van der Waals surface area contributed by atoms with Crippen molar-refractivity contribution >= 4 is 15.8 Å². The Balaban J connectivity index is 1.93. The zero-order valence-corrected chi connectivity index (χ0v) is 18.5. The van der Waals surface area contributed by atoms with E-state index < -0.39 is 32.8 Å². The van der Waals surface area contributed by atoms with Crippen LogP contribution in [0, 0.1) is 0 Å². The molecule has 1 aromatic carbocycles. The largest absolute Gasteiger partial charge is 0.489 e. The van der Waals surface area contributed by atoms with Gasteiger partial charge >= 0.3 is 5.97 Å². The van der Waals surface area contributed by atoms with E-state index in [4.69, 9.17) is 9.47 Å². The molecule has 168 valence electrons. The molecule has 0 aliphatic carbocycles. The molecule has 0 fully saturated rings. The van der Waals surface area contributed by atoms with Crippen LogP contribution in [0.2, 0.25) is 0 Å². The number of nitrogens with zero attached hydrogens (tertiary/aromatic N) is 1. The van der Waals surface area contributed by atoms with Crippen LogP contribution < -0.4 is 10.3 Å². The Hall–Kier alpha value is -2.94. The fourth-order valence-electron chi connectivity index (χ4n) is 2.56. The monoisotopic (exact) mass is 451 g/mol. The Bertz CT molecular complexity index is 1080. The summed E-state index contributed by atoms with van der Waals surface area (Å²) in [6.45, 7) is 5.16. The summed E-state index contributed by atoms with van der Waals surface area (Å²) in [5.41, 5.74) is -0.752. The molecule has 7 nitrogen and oxygen atoms in total. The van der Waals surface area contributed by atoms with Gasteiger partial charge in [0.05, 0.1) is 11.2 Å². The number of rotatable bonds is 9. The minimum Gasteiger partial charge on any atom is -0.489 e. The molecule has 0 bridgehead atoms. The van der Waals surface area contributed by atoms with Crippen LogP contribution in [-0.2, 0) is 25.2 Å². The summed E-state index contributed by atoms with van der Waals surface area (Å²) in [5, 5.41) is 0. The lowest BCUT2D eigenvalue weighted by Crippen LogP contribution is -2.23. The number of hydrogen-bond donors (Lipinski definition) is 0. The van der Waals surface area contributed by atoms with Crippen LogP contribution in [0.15, 0.2) is 70.3 Å². The topological polar surface area (TPSA) is 91.7 Å². The van der Waals surface area contributed by atoms with Crippen LogP contribution in [0.1, 0.15) is 33.6 Å². The van der Waals surface area contributed by atoms with E-state index in [9.17, 15) is 22.4 Å². The predicted octanol–water partition coefficient (Wildman–Crippen LogP) is 3.63. The van der Waals surface area contributed by atoms with Gasteiger partial charge in [0.2, 0.25) is 0 Å². The van der Waals surface area contributed by atoms with Gasteiger partial charge in [0, 0.05) is 18.7 Å². The number of sulfone groups is 1. The molecule has 0 aliphatic heterocycles. The second-order valence-electron chi connectivity index (χ2n) is 7.87. The summed E-state index contributed by atoms with van der Waals surface area (Å²) < 4.78 is 49.9. The lowest BCUT2D eigenvalue weighted by molar-refractivity contribution is -0.154. The zero-order valence-electron chi connectivity index (χ0n) is 17.7. The first-order valence-electron chi connectivity index (χ1n) is 9.61. The lowest BCUT2D eigenvalue weighted by atomic mass is 10.1. The van der Waals surface area contributed by atoms with Crippen LogP contribution >= 0.6 is 0 Å². The Labute approximate surface area is 181 Å². The minimum atomic E-state index is -3.74. The zero-order chi connectivity index (χ0) is 23.1. The van der Waals surface area contributed by atoms with Gasteiger partial charge in [0.25, 0.3) is 5.56 Å². The van der Waals surface area contributed by atoms with Crippen molar-refractivity contribution in [2.24, 2.45) is 0 Å². The van der Waals surface area contributed by atoms with E-state index in [1.807, 2.05) is 0 Å². The smallest absolute Gasteiger partial charge is 0.306 e. The van der Waals surface area contributed by atoms with Gasteiger partial charge in [-0.05, 0) is 63.1 Å². The van der Waals surface area contributed by atoms with E-state index in [2.05, 4.69) is 0 Å². The third-order valence-electron chi connectivity index (χ3n) is 4.04. The van der Waals surface area contributed by atoms with Crippen molar-refractivity contribution in [2.75, 3.05) is 6.61 Å². The van der Waals surface area contributed by atoms with E-state index in [1.165, 1.54) is 42.6 Å². The average molecular weight is 452 g/mol. The van der Waals surface area contributed by atoms with Gasteiger partial charge in [0.1, 0.15) is 23.8 Å². The molecule has 0 atom stereocenters. The first kappa shape index (κ1) is 24.3. The fraction of sp³-hybridized carbons (Fsp3) is 0.364. The predicted molar refractivity (Wildman–Crippen MR) is 114 cm³/mol. The maximum atomic E-state index is 13.1. The molecule has 2 aromatic rings. The number of hydrogen-bond acceptors (Lipinski definition) is 6. The maximum Gasteiger partial charge on any atom is 0.306 e. The SMILES string of the molecule is CC(C)(C)OC(=O)CC/C(=C\F)COc1ccc(S(=O)(=O)Cn2ccccc2=O)cc1. The highest BCUT2D eigenvalue weighted by molar-refractivity contribution is 7.90. The van der Waals surface area contributed by atoms with Crippen molar-refractivity contribution in [3.05, 3.63) is 70.9 Å². The molecule has 2 rings (SSSR count). The van der Waals surface area contributed by atoms with Crippen molar-refractivity contribution in [1.29, 1.82) is 0 Å². The molecule has 0 unspecified atom stereocenters. The van der Waals surface area contributed by atoms with E-state index in [0.29, 0.717) is 12.1 Å². The number of ether oxygens (including phenoxy) is 2. The lowest BCUT2D eigenvalue weighted by Gasteiger charge is -2.19. The van der Waals surface area contributed by atoms with Gasteiger partial charge < -0.3 is 14.0 Å². The Morgan fingerprint density at radius 3 is 2.35 bits per heavy atom. The standard InChI is InChI=1S/C22H26FNO6S/c1-22(2,3)30-21(26)12-7-17(14-23)15-29-18-8-10-19(11-9-18)31(27,28)16-24-13-5-4-6-20(24)25/h4-6,8-11,13-14H,7,12,15-16H2,1-3H3/b17-14+. The number of benzene rings is 1. The summed E-state index contributed by atoms with van der Waals surface area (Å²) in [6, 6.07) is 10.0. The van der Waals surface area contributed by atoms with Gasteiger partial charge in [0.15, 0.2) is 9.84 Å². The van der Waals surface area contributed by atoms with E-state index in [1.54, 1.807) is 26.8 Å². The molecule has 0 saturated carbocycles. The first-order chi connectivity index (χ1) is 14.5. The maximum absolute atomic E-state index is 13.1. The number of halogens is 1. The first-order valence-corrected chi connectivity index (χ1v) is 11.3. The Kier molecular flexibility index (Phi) is 8.15. The molecule has 0 amide bonds. The van der Waals surface area contributed by atoms with Crippen LogP contribution in [0.5, 0.6) is 5.75 Å². The highest BCUT2D eigenvalue weighted by Crippen LogP contribution is 2.19. The van der Waals surface area contributed by atoms with Crippen LogP contribution in [0.25, 0.3) is 0 Å². The Morgan fingerprint density at radius 1 is 1.10 bits per heavy atom. The molecule has 0 N–H and O–H groups in total. The van der Waals surface area contributed by atoms with Crippen molar-refractivity contribution in [1.82, 2.24) is 4.57 Å². The summed E-state index contributed by atoms with van der Waals surface area (Å²) in [7, 11) is -3.74.